The Balaban J connectivity index is 2.03. The van der Waals surface area contributed by atoms with E-state index < -0.39 is 5.63 Å². The molecule has 3 heteroatoms. The molecule has 1 aromatic heterocycles. The third-order valence-electron chi connectivity index (χ3n) is 3.67. The van der Waals surface area contributed by atoms with E-state index in [0.29, 0.717) is 5.58 Å². The average molecular weight is 273 g/mol. The highest BCUT2D eigenvalue weighted by atomic mass is 16.4. The standard InChI is InChI=1S/C17H23NO2/c1-2-3-4-5-6-7-9-13-10-8-11-14-12-15(18)17(19)20-16(13)14/h8,10-12H,2-7,9,18H2,1H3. The van der Waals surface area contributed by atoms with E-state index in [2.05, 4.69) is 6.92 Å². The molecule has 20 heavy (non-hydrogen) atoms. The number of hydrogen-bond donors (Lipinski definition) is 1. The minimum absolute atomic E-state index is 0.175. The maximum absolute atomic E-state index is 11.5. The lowest BCUT2D eigenvalue weighted by molar-refractivity contribution is 0.556. The number of rotatable bonds is 7. The van der Waals surface area contributed by atoms with Crippen molar-refractivity contribution in [2.24, 2.45) is 0 Å². The Hall–Kier alpha value is -1.77. The van der Waals surface area contributed by atoms with E-state index in [9.17, 15) is 4.79 Å². The Morgan fingerprint density at radius 3 is 2.65 bits per heavy atom. The summed E-state index contributed by atoms with van der Waals surface area (Å²) in [5, 5.41) is 0.908. The molecule has 1 heterocycles. The lowest BCUT2D eigenvalue weighted by Gasteiger charge is -2.06. The summed E-state index contributed by atoms with van der Waals surface area (Å²) < 4.78 is 5.34. The lowest BCUT2D eigenvalue weighted by Crippen LogP contribution is -2.06. The summed E-state index contributed by atoms with van der Waals surface area (Å²) in [5.74, 6) is 0. The molecule has 0 unspecified atom stereocenters. The van der Waals surface area contributed by atoms with Crippen molar-refractivity contribution >= 4 is 16.7 Å². The summed E-state index contributed by atoms with van der Waals surface area (Å²) in [7, 11) is 0. The number of nitrogens with two attached hydrogens (primary N) is 1. The molecule has 0 atom stereocenters. The number of aryl methyl sites for hydroxylation is 1. The largest absolute Gasteiger partial charge is 0.421 e. The van der Waals surface area contributed by atoms with Crippen molar-refractivity contribution in [1.82, 2.24) is 0 Å². The van der Waals surface area contributed by atoms with E-state index in [1.807, 2.05) is 18.2 Å². The number of unbranched alkanes of at least 4 members (excludes halogenated alkanes) is 5. The fraction of sp³-hybridized carbons (Fsp3) is 0.471. The van der Waals surface area contributed by atoms with Gasteiger partial charge in [0.05, 0.1) is 0 Å². The predicted molar refractivity (Wildman–Crippen MR) is 84.0 cm³/mol. The first-order chi connectivity index (χ1) is 9.72. The van der Waals surface area contributed by atoms with Crippen molar-refractivity contribution in [2.75, 3.05) is 5.73 Å². The monoisotopic (exact) mass is 273 g/mol. The molecule has 0 bridgehead atoms. The van der Waals surface area contributed by atoms with E-state index in [0.717, 1.165) is 23.8 Å². The van der Waals surface area contributed by atoms with Gasteiger partial charge < -0.3 is 10.2 Å². The Morgan fingerprint density at radius 1 is 1.10 bits per heavy atom. The minimum atomic E-state index is -0.437. The highest BCUT2D eigenvalue weighted by Crippen LogP contribution is 2.21. The molecule has 0 aliphatic heterocycles. The second-order valence-corrected chi connectivity index (χ2v) is 5.34. The fourth-order valence-electron chi connectivity index (χ4n) is 2.51. The number of benzene rings is 1. The van der Waals surface area contributed by atoms with Crippen LogP contribution in [0.5, 0.6) is 0 Å². The lowest BCUT2D eigenvalue weighted by atomic mass is 10.0. The number of nitrogen functional groups attached to an aromatic ring is 1. The Morgan fingerprint density at radius 2 is 1.85 bits per heavy atom. The van der Waals surface area contributed by atoms with Crippen LogP contribution in [0, 0.1) is 0 Å². The summed E-state index contributed by atoms with van der Waals surface area (Å²) in [4.78, 5) is 11.5. The maximum Gasteiger partial charge on any atom is 0.359 e. The number of anilines is 1. The second-order valence-electron chi connectivity index (χ2n) is 5.34. The molecule has 108 valence electrons. The smallest absolute Gasteiger partial charge is 0.359 e. The molecule has 1 aromatic carbocycles. The van der Waals surface area contributed by atoms with E-state index in [-0.39, 0.29) is 5.69 Å². The van der Waals surface area contributed by atoms with Crippen LogP contribution in [-0.2, 0) is 6.42 Å². The summed E-state index contributed by atoms with van der Waals surface area (Å²) in [6.07, 6.45) is 8.52. The van der Waals surface area contributed by atoms with Crippen LogP contribution in [0.2, 0.25) is 0 Å². The van der Waals surface area contributed by atoms with E-state index in [1.165, 1.54) is 32.1 Å². The van der Waals surface area contributed by atoms with Crippen LogP contribution in [0.4, 0.5) is 5.69 Å². The van der Waals surface area contributed by atoms with E-state index in [4.69, 9.17) is 10.2 Å². The molecule has 0 radical (unpaired) electrons. The topological polar surface area (TPSA) is 56.2 Å². The summed E-state index contributed by atoms with van der Waals surface area (Å²) in [6.45, 7) is 2.23. The third kappa shape index (κ3) is 3.62. The molecule has 0 aliphatic carbocycles. The molecule has 0 saturated carbocycles. The molecule has 0 aliphatic rings. The maximum atomic E-state index is 11.5. The van der Waals surface area contributed by atoms with E-state index >= 15 is 0 Å². The van der Waals surface area contributed by atoms with Gasteiger partial charge in [-0.1, -0.05) is 57.2 Å². The van der Waals surface area contributed by atoms with Gasteiger partial charge in [0.2, 0.25) is 0 Å². The molecule has 0 spiro atoms. The number of hydrogen-bond acceptors (Lipinski definition) is 3. The van der Waals surface area contributed by atoms with Gasteiger partial charge in [0.25, 0.3) is 0 Å². The van der Waals surface area contributed by atoms with Crippen LogP contribution in [0.3, 0.4) is 0 Å². The van der Waals surface area contributed by atoms with Crippen LogP contribution in [0.15, 0.2) is 33.5 Å². The van der Waals surface area contributed by atoms with Crippen LogP contribution in [0.1, 0.15) is 51.0 Å². The van der Waals surface area contributed by atoms with Crippen molar-refractivity contribution in [3.8, 4) is 0 Å². The molecule has 2 N–H and O–H groups in total. The Labute approximate surface area is 119 Å². The third-order valence-corrected chi connectivity index (χ3v) is 3.67. The van der Waals surface area contributed by atoms with Gasteiger partial charge in [-0.2, -0.15) is 0 Å². The quantitative estimate of drug-likeness (QED) is 0.605. The van der Waals surface area contributed by atoms with Gasteiger partial charge in [0.15, 0.2) is 0 Å². The average Bonchev–Trinajstić information content (AvgIpc) is 2.44. The van der Waals surface area contributed by atoms with Gasteiger partial charge >= 0.3 is 5.63 Å². The van der Waals surface area contributed by atoms with Gasteiger partial charge in [-0.3, -0.25) is 0 Å². The SMILES string of the molecule is CCCCCCCCc1cccc2cc(N)c(=O)oc12. The molecule has 2 rings (SSSR count). The zero-order valence-electron chi connectivity index (χ0n) is 12.2. The fourth-order valence-corrected chi connectivity index (χ4v) is 2.51. The minimum Gasteiger partial charge on any atom is -0.421 e. The van der Waals surface area contributed by atoms with Crippen molar-refractivity contribution in [3.05, 3.63) is 40.2 Å². The number of para-hydroxylation sites is 1. The molecular formula is C17H23NO2. The highest BCUT2D eigenvalue weighted by molar-refractivity contribution is 5.82. The van der Waals surface area contributed by atoms with Crippen molar-refractivity contribution in [1.29, 1.82) is 0 Å². The first kappa shape index (κ1) is 14.6. The first-order valence-corrected chi connectivity index (χ1v) is 7.53. The Bertz CT molecular complexity index is 616. The van der Waals surface area contributed by atoms with Gasteiger partial charge in [-0.05, 0) is 24.5 Å². The summed E-state index contributed by atoms with van der Waals surface area (Å²) in [6, 6.07) is 7.66. The predicted octanol–water partition coefficient (Wildman–Crippen LogP) is 4.28. The van der Waals surface area contributed by atoms with Crippen LogP contribution >= 0.6 is 0 Å². The summed E-state index contributed by atoms with van der Waals surface area (Å²) >= 11 is 0. The Kier molecular flexibility index (Phi) is 5.22. The molecular weight excluding hydrogens is 250 g/mol. The number of fused-ring (bicyclic) bond motifs is 1. The normalized spacial score (nSPS) is 11.1. The molecule has 0 saturated heterocycles. The molecule has 2 aromatic rings. The van der Waals surface area contributed by atoms with Gasteiger partial charge in [-0.25, -0.2) is 4.79 Å². The van der Waals surface area contributed by atoms with Gasteiger partial charge in [-0.15, -0.1) is 0 Å². The van der Waals surface area contributed by atoms with Gasteiger partial charge in [0, 0.05) is 5.39 Å². The van der Waals surface area contributed by atoms with Crippen molar-refractivity contribution in [3.63, 3.8) is 0 Å². The van der Waals surface area contributed by atoms with Crippen LogP contribution < -0.4 is 11.4 Å². The highest BCUT2D eigenvalue weighted by Gasteiger charge is 2.06. The van der Waals surface area contributed by atoms with E-state index in [1.54, 1.807) is 6.07 Å². The molecule has 3 nitrogen and oxygen atoms in total. The molecule has 0 amide bonds. The summed E-state index contributed by atoms with van der Waals surface area (Å²) in [5.41, 5.74) is 7.14. The van der Waals surface area contributed by atoms with Crippen LogP contribution in [0.25, 0.3) is 11.0 Å². The first-order valence-electron chi connectivity index (χ1n) is 7.53. The van der Waals surface area contributed by atoms with Crippen LogP contribution in [-0.4, -0.2) is 0 Å². The zero-order valence-corrected chi connectivity index (χ0v) is 12.2. The van der Waals surface area contributed by atoms with Crippen molar-refractivity contribution in [2.45, 2.75) is 51.9 Å². The van der Waals surface area contributed by atoms with Gasteiger partial charge in [0.1, 0.15) is 11.3 Å². The second kappa shape index (κ2) is 7.13. The molecule has 0 fully saturated rings. The van der Waals surface area contributed by atoms with Crippen molar-refractivity contribution < 1.29 is 4.42 Å². The zero-order chi connectivity index (χ0) is 14.4.